The number of nitrogens with one attached hydrogen (secondary N) is 1. The Labute approximate surface area is 147 Å². The molecule has 1 amide bonds. The summed E-state index contributed by atoms with van der Waals surface area (Å²) >= 11 is 0. The highest BCUT2D eigenvalue weighted by Gasteiger charge is 2.19. The predicted octanol–water partition coefficient (Wildman–Crippen LogP) is 3.30. The van der Waals surface area contributed by atoms with Gasteiger partial charge in [-0.3, -0.25) is 9.88 Å². The van der Waals surface area contributed by atoms with Gasteiger partial charge in [-0.25, -0.2) is 9.59 Å². The van der Waals surface area contributed by atoms with Crippen molar-refractivity contribution in [1.29, 1.82) is 0 Å². The van der Waals surface area contributed by atoms with Crippen LogP contribution in [0.3, 0.4) is 0 Å². The minimum Gasteiger partial charge on any atom is -0.461 e. The standard InChI is InChI=1S/C17H24NO6P/c1-4-22-16(19)15(11-12-25(3,21)24-5-2)18-17(20)23-13-14-9-7-6-8-10-14/h6-11H,4-5,12-13H2,1-3H3,(H,18,20). The minimum absolute atomic E-state index is 0.00600. The van der Waals surface area contributed by atoms with Gasteiger partial charge in [0.05, 0.1) is 13.2 Å². The first-order chi connectivity index (χ1) is 11.9. The summed E-state index contributed by atoms with van der Waals surface area (Å²) in [5, 5.41) is 2.34. The molecule has 0 spiro atoms. The van der Waals surface area contributed by atoms with Crippen molar-refractivity contribution in [3.05, 3.63) is 47.7 Å². The van der Waals surface area contributed by atoms with Crippen LogP contribution >= 0.6 is 7.37 Å². The summed E-state index contributed by atoms with van der Waals surface area (Å²) in [4.78, 5) is 23.8. The molecule has 0 aliphatic heterocycles. The molecule has 0 saturated heterocycles. The van der Waals surface area contributed by atoms with Crippen molar-refractivity contribution in [3.8, 4) is 0 Å². The summed E-state index contributed by atoms with van der Waals surface area (Å²) in [6.07, 6.45) is 0.525. The van der Waals surface area contributed by atoms with Crippen LogP contribution in [0.5, 0.6) is 0 Å². The van der Waals surface area contributed by atoms with Gasteiger partial charge in [0.1, 0.15) is 12.3 Å². The number of ether oxygens (including phenoxy) is 2. The molecule has 0 aromatic heterocycles. The van der Waals surface area contributed by atoms with Crippen molar-refractivity contribution in [2.45, 2.75) is 20.5 Å². The topological polar surface area (TPSA) is 90.9 Å². The highest BCUT2D eigenvalue weighted by atomic mass is 31.2. The molecule has 1 N–H and O–H groups in total. The fourth-order valence-corrected chi connectivity index (χ4v) is 3.01. The number of carbonyl (C=O) groups excluding carboxylic acids is 2. The molecule has 0 radical (unpaired) electrons. The number of alkyl carbamates (subject to hydrolysis) is 1. The van der Waals surface area contributed by atoms with Crippen LogP contribution < -0.4 is 5.32 Å². The molecule has 7 nitrogen and oxygen atoms in total. The molecule has 0 fully saturated rings. The summed E-state index contributed by atoms with van der Waals surface area (Å²) in [5.74, 6) is -0.726. The Hall–Kier alpha value is -2.11. The van der Waals surface area contributed by atoms with E-state index in [1.54, 1.807) is 13.8 Å². The Morgan fingerprint density at radius 3 is 2.40 bits per heavy atom. The first-order valence-electron chi connectivity index (χ1n) is 7.94. The predicted molar refractivity (Wildman–Crippen MR) is 94.5 cm³/mol. The highest BCUT2D eigenvalue weighted by Crippen LogP contribution is 2.42. The van der Waals surface area contributed by atoms with E-state index in [1.807, 2.05) is 30.3 Å². The first-order valence-corrected chi connectivity index (χ1v) is 10.2. The van der Waals surface area contributed by atoms with E-state index < -0.39 is 19.4 Å². The second kappa shape index (κ2) is 10.7. The van der Waals surface area contributed by atoms with Crippen molar-refractivity contribution in [3.63, 3.8) is 0 Å². The zero-order valence-corrected chi connectivity index (χ0v) is 15.6. The third-order valence-corrected chi connectivity index (χ3v) is 4.62. The zero-order valence-electron chi connectivity index (χ0n) is 14.7. The van der Waals surface area contributed by atoms with Crippen molar-refractivity contribution in [1.82, 2.24) is 5.32 Å². The van der Waals surface area contributed by atoms with Crippen molar-refractivity contribution in [2.24, 2.45) is 0 Å². The lowest BCUT2D eigenvalue weighted by atomic mass is 10.2. The molecule has 0 heterocycles. The molecule has 0 aliphatic carbocycles. The lowest BCUT2D eigenvalue weighted by Gasteiger charge is -2.13. The second-order valence-electron chi connectivity index (χ2n) is 5.14. The monoisotopic (exact) mass is 369 g/mol. The lowest BCUT2D eigenvalue weighted by molar-refractivity contribution is -0.138. The van der Waals surface area contributed by atoms with Gasteiger partial charge in [-0.05, 0) is 25.5 Å². The van der Waals surface area contributed by atoms with E-state index in [9.17, 15) is 14.2 Å². The quantitative estimate of drug-likeness (QED) is 0.408. The molecule has 1 unspecified atom stereocenters. The van der Waals surface area contributed by atoms with E-state index in [0.29, 0.717) is 6.61 Å². The smallest absolute Gasteiger partial charge is 0.412 e. The molecule has 8 heteroatoms. The van der Waals surface area contributed by atoms with E-state index >= 15 is 0 Å². The molecule has 1 aromatic carbocycles. The summed E-state index contributed by atoms with van der Waals surface area (Å²) in [5.41, 5.74) is 0.690. The number of amides is 1. The molecule has 0 aliphatic rings. The molecule has 0 bridgehead atoms. The number of hydrogen-bond acceptors (Lipinski definition) is 6. The molecule has 25 heavy (non-hydrogen) atoms. The Morgan fingerprint density at radius 1 is 1.12 bits per heavy atom. The first kappa shape index (κ1) is 20.9. The van der Waals surface area contributed by atoms with Crippen LogP contribution in [0.4, 0.5) is 4.79 Å². The van der Waals surface area contributed by atoms with Gasteiger partial charge in [0.25, 0.3) is 0 Å². The molecular weight excluding hydrogens is 345 g/mol. The maximum Gasteiger partial charge on any atom is 0.412 e. The summed E-state index contributed by atoms with van der Waals surface area (Å²) in [6.45, 7) is 5.34. The fraction of sp³-hybridized carbons (Fsp3) is 0.412. The Balaban J connectivity index is 2.70. The van der Waals surface area contributed by atoms with Crippen LogP contribution in [0.25, 0.3) is 0 Å². The number of carbonyl (C=O) groups is 2. The fourth-order valence-electron chi connectivity index (χ4n) is 1.85. The molecular formula is C17H24NO6P. The maximum absolute atomic E-state index is 12.1. The van der Waals surface area contributed by atoms with Crippen LogP contribution in [-0.4, -0.2) is 38.1 Å². The second-order valence-corrected chi connectivity index (χ2v) is 7.79. The zero-order chi connectivity index (χ0) is 18.7. The number of rotatable bonds is 9. The maximum atomic E-state index is 12.1. The van der Waals surface area contributed by atoms with Crippen LogP contribution in [0.2, 0.25) is 0 Å². The van der Waals surface area contributed by atoms with E-state index in [4.69, 9.17) is 14.0 Å². The average molecular weight is 369 g/mol. The van der Waals surface area contributed by atoms with Gasteiger partial charge in [-0.1, -0.05) is 30.3 Å². The van der Waals surface area contributed by atoms with Crippen molar-refractivity contribution < 1.29 is 28.2 Å². The van der Waals surface area contributed by atoms with Gasteiger partial charge in [-0.2, -0.15) is 0 Å². The van der Waals surface area contributed by atoms with Gasteiger partial charge in [0, 0.05) is 12.8 Å². The Morgan fingerprint density at radius 2 is 1.80 bits per heavy atom. The SMILES string of the molecule is CCOC(=O)C(=CCP(C)(=O)OCC)NC(=O)OCc1ccccc1. The number of esters is 1. The number of allylic oxidation sites excluding steroid dienone is 1. The van der Waals surface area contributed by atoms with Gasteiger partial charge >= 0.3 is 12.1 Å². The van der Waals surface area contributed by atoms with Gasteiger partial charge < -0.3 is 14.0 Å². The normalized spacial score (nSPS) is 13.6. The van der Waals surface area contributed by atoms with Crippen LogP contribution in [-0.2, 0) is 30.0 Å². The molecule has 0 saturated carbocycles. The largest absolute Gasteiger partial charge is 0.461 e. The van der Waals surface area contributed by atoms with E-state index in [2.05, 4.69) is 5.32 Å². The Kier molecular flexibility index (Phi) is 8.95. The molecule has 1 atom stereocenters. The van der Waals surface area contributed by atoms with Crippen LogP contribution in [0, 0.1) is 0 Å². The summed E-state index contributed by atoms with van der Waals surface area (Å²) < 4.78 is 27.2. The third-order valence-electron chi connectivity index (χ3n) is 2.97. The van der Waals surface area contributed by atoms with Crippen molar-refractivity contribution in [2.75, 3.05) is 26.0 Å². The van der Waals surface area contributed by atoms with Gasteiger partial charge in [-0.15, -0.1) is 0 Å². The minimum atomic E-state index is -2.89. The van der Waals surface area contributed by atoms with E-state index in [-0.39, 0.29) is 25.1 Å². The van der Waals surface area contributed by atoms with E-state index in [0.717, 1.165) is 5.56 Å². The molecule has 1 rings (SSSR count). The van der Waals surface area contributed by atoms with Crippen LogP contribution in [0.1, 0.15) is 19.4 Å². The third kappa shape index (κ3) is 8.52. The van der Waals surface area contributed by atoms with Crippen LogP contribution in [0.15, 0.2) is 42.1 Å². The summed E-state index contributed by atoms with van der Waals surface area (Å²) in [6, 6.07) is 9.13. The molecule has 1 aromatic rings. The highest BCUT2D eigenvalue weighted by molar-refractivity contribution is 7.58. The lowest BCUT2D eigenvalue weighted by Crippen LogP contribution is -2.29. The Bertz CT molecular complexity index is 644. The average Bonchev–Trinajstić information content (AvgIpc) is 2.58. The number of hydrogen-bond donors (Lipinski definition) is 1. The van der Waals surface area contributed by atoms with E-state index in [1.165, 1.54) is 12.7 Å². The summed E-state index contributed by atoms with van der Waals surface area (Å²) in [7, 11) is -2.89. The van der Waals surface area contributed by atoms with Gasteiger partial charge in [0.2, 0.25) is 7.37 Å². The van der Waals surface area contributed by atoms with Gasteiger partial charge in [0.15, 0.2) is 0 Å². The molecule has 138 valence electrons. The van der Waals surface area contributed by atoms with Crippen molar-refractivity contribution >= 4 is 19.4 Å². The number of benzene rings is 1.